The molecule has 2 aromatic rings. The third-order valence-electron chi connectivity index (χ3n) is 3.54. The summed E-state index contributed by atoms with van der Waals surface area (Å²) in [4.78, 5) is 0. The van der Waals surface area contributed by atoms with Gasteiger partial charge in [-0.25, -0.2) is 0 Å². The van der Waals surface area contributed by atoms with E-state index in [2.05, 4.69) is 5.32 Å². The van der Waals surface area contributed by atoms with Gasteiger partial charge in [-0.1, -0.05) is 67.6 Å². The van der Waals surface area contributed by atoms with Crippen molar-refractivity contribution in [2.24, 2.45) is 0 Å². The van der Waals surface area contributed by atoms with E-state index < -0.39 is 11.7 Å². The summed E-state index contributed by atoms with van der Waals surface area (Å²) in [5, 5.41) is 2.68. The van der Waals surface area contributed by atoms with E-state index in [1.807, 2.05) is 0 Å². The number of hydrogen-bond acceptors (Lipinski definition) is 1. The Bertz CT molecular complexity index is 551. The van der Waals surface area contributed by atoms with Gasteiger partial charge in [0.25, 0.3) is 0 Å². The van der Waals surface area contributed by atoms with Gasteiger partial charge in [-0.15, -0.1) is 0 Å². The summed E-state index contributed by atoms with van der Waals surface area (Å²) in [6.07, 6.45) is -4.52. The molecular weight excluding hydrogens is 275 g/mol. The van der Waals surface area contributed by atoms with E-state index in [9.17, 15) is 13.2 Å². The van der Waals surface area contributed by atoms with Crippen molar-refractivity contribution in [1.29, 1.82) is 0 Å². The van der Waals surface area contributed by atoms with E-state index in [0.717, 1.165) is 0 Å². The molecule has 1 unspecified atom stereocenters. The molecule has 0 radical (unpaired) electrons. The van der Waals surface area contributed by atoms with Crippen LogP contribution in [0.15, 0.2) is 60.7 Å². The van der Waals surface area contributed by atoms with Crippen LogP contribution < -0.4 is 5.32 Å². The van der Waals surface area contributed by atoms with Gasteiger partial charge in [0.15, 0.2) is 0 Å². The SMILES string of the molecule is CCNC(Cc1ccccc1)(c1ccccc1)C(F)(F)F. The van der Waals surface area contributed by atoms with Crippen LogP contribution in [0.3, 0.4) is 0 Å². The second-order valence-electron chi connectivity index (χ2n) is 4.96. The van der Waals surface area contributed by atoms with E-state index in [-0.39, 0.29) is 18.5 Å². The molecule has 2 rings (SSSR count). The van der Waals surface area contributed by atoms with Gasteiger partial charge in [-0.2, -0.15) is 13.2 Å². The number of alkyl halides is 3. The van der Waals surface area contributed by atoms with E-state index >= 15 is 0 Å². The van der Waals surface area contributed by atoms with Crippen LogP contribution >= 0.6 is 0 Å². The lowest BCUT2D eigenvalue weighted by atomic mass is 9.83. The molecular formula is C17H18F3N. The number of benzene rings is 2. The molecule has 0 fully saturated rings. The van der Waals surface area contributed by atoms with Crippen molar-refractivity contribution in [3.63, 3.8) is 0 Å². The molecule has 21 heavy (non-hydrogen) atoms. The topological polar surface area (TPSA) is 12.0 Å². The molecule has 0 aliphatic rings. The first-order chi connectivity index (χ1) is 9.99. The van der Waals surface area contributed by atoms with Crippen molar-refractivity contribution in [3.8, 4) is 0 Å². The lowest BCUT2D eigenvalue weighted by Gasteiger charge is -2.37. The molecule has 0 saturated carbocycles. The number of hydrogen-bond donors (Lipinski definition) is 1. The fourth-order valence-corrected chi connectivity index (χ4v) is 2.56. The Labute approximate surface area is 122 Å². The largest absolute Gasteiger partial charge is 0.411 e. The highest BCUT2D eigenvalue weighted by molar-refractivity contribution is 5.31. The molecule has 2 aromatic carbocycles. The van der Waals surface area contributed by atoms with Gasteiger partial charge in [-0.3, -0.25) is 5.32 Å². The fraction of sp³-hybridized carbons (Fsp3) is 0.294. The maximum Gasteiger partial charge on any atom is 0.411 e. The summed E-state index contributed by atoms with van der Waals surface area (Å²) in [6, 6.07) is 16.8. The lowest BCUT2D eigenvalue weighted by Crippen LogP contribution is -2.55. The van der Waals surface area contributed by atoms with Crippen LogP contribution in [0, 0.1) is 0 Å². The predicted octanol–water partition coefficient (Wildman–Crippen LogP) is 4.30. The summed E-state index contributed by atoms with van der Waals surface area (Å²) >= 11 is 0. The second kappa shape index (κ2) is 6.31. The van der Waals surface area contributed by atoms with Gasteiger partial charge in [-0.05, 0) is 17.7 Å². The molecule has 1 N–H and O–H groups in total. The first-order valence-electron chi connectivity index (χ1n) is 6.91. The van der Waals surface area contributed by atoms with Gasteiger partial charge in [0, 0.05) is 6.42 Å². The van der Waals surface area contributed by atoms with Crippen molar-refractivity contribution in [3.05, 3.63) is 71.8 Å². The molecule has 0 amide bonds. The highest BCUT2D eigenvalue weighted by Crippen LogP contribution is 2.41. The Balaban J connectivity index is 2.51. The van der Waals surface area contributed by atoms with Crippen molar-refractivity contribution < 1.29 is 13.2 Å². The Morgan fingerprint density at radius 2 is 1.38 bits per heavy atom. The average Bonchev–Trinajstić information content (AvgIpc) is 2.47. The van der Waals surface area contributed by atoms with E-state index in [1.165, 1.54) is 12.1 Å². The van der Waals surface area contributed by atoms with Crippen LogP contribution in [0.1, 0.15) is 18.1 Å². The minimum Gasteiger partial charge on any atom is -0.300 e. The van der Waals surface area contributed by atoms with Crippen molar-refractivity contribution in [1.82, 2.24) is 5.32 Å². The second-order valence-corrected chi connectivity index (χ2v) is 4.96. The van der Waals surface area contributed by atoms with Crippen LogP contribution in [0.5, 0.6) is 0 Å². The van der Waals surface area contributed by atoms with Gasteiger partial charge >= 0.3 is 6.18 Å². The molecule has 1 atom stereocenters. The third-order valence-corrected chi connectivity index (χ3v) is 3.54. The summed E-state index contributed by atoms with van der Waals surface area (Å²) in [7, 11) is 0. The smallest absolute Gasteiger partial charge is 0.300 e. The molecule has 0 spiro atoms. The van der Waals surface area contributed by atoms with Crippen LogP contribution in [0.4, 0.5) is 13.2 Å². The molecule has 0 aliphatic carbocycles. The van der Waals surface area contributed by atoms with Crippen molar-refractivity contribution >= 4 is 0 Å². The number of nitrogens with one attached hydrogen (secondary N) is 1. The zero-order chi connectivity index (χ0) is 15.3. The lowest BCUT2D eigenvalue weighted by molar-refractivity contribution is -0.201. The number of rotatable bonds is 5. The van der Waals surface area contributed by atoms with Crippen molar-refractivity contribution in [2.75, 3.05) is 6.54 Å². The first-order valence-corrected chi connectivity index (χ1v) is 6.91. The Morgan fingerprint density at radius 1 is 0.857 bits per heavy atom. The fourth-order valence-electron chi connectivity index (χ4n) is 2.56. The number of likely N-dealkylation sites (N-methyl/N-ethyl adjacent to an activating group) is 1. The van der Waals surface area contributed by atoms with Crippen LogP contribution in [-0.2, 0) is 12.0 Å². The standard InChI is InChI=1S/C17H18F3N/c1-2-21-16(17(18,19)20,15-11-7-4-8-12-15)13-14-9-5-3-6-10-14/h3-12,21H,2,13H2,1H3. The van der Waals surface area contributed by atoms with Gasteiger partial charge in [0.2, 0.25) is 0 Å². The Kier molecular flexibility index (Phi) is 4.68. The number of halogens is 3. The molecule has 0 bridgehead atoms. The van der Waals surface area contributed by atoms with Gasteiger partial charge in [0.05, 0.1) is 0 Å². The average molecular weight is 293 g/mol. The van der Waals surface area contributed by atoms with Crippen LogP contribution in [-0.4, -0.2) is 12.7 Å². The third kappa shape index (κ3) is 3.27. The zero-order valence-electron chi connectivity index (χ0n) is 11.8. The van der Waals surface area contributed by atoms with Gasteiger partial charge in [0.1, 0.15) is 5.54 Å². The molecule has 0 heterocycles. The predicted molar refractivity (Wildman–Crippen MR) is 78.0 cm³/mol. The molecule has 0 aliphatic heterocycles. The molecule has 0 saturated heterocycles. The van der Waals surface area contributed by atoms with E-state index in [0.29, 0.717) is 5.56 Å². The Hall–Kier alpha value is -1.81. The summed E-state index contributed by atoms with van der Waals surface area (Å²) < 4.78 is 41.6. The highest BCUT2D eigenvalue weighted by atomic mass is 19.4. The Morgan fingerprint density at radius 3 is 1.86 bits per heavy atom. The molecule has 4 heteroatoms. The van der Waals surface area contributed by atoms with Crippen LogP contribution in [0.25, 0.3) is 0 Å². The summed E-state index contributed by atoms with van der Waals surface area (Å²) in [6.45, 7) is 1.93. The van der Waals surface area contributed by atoms with E-state index in [4.69, 9.17) is 0 Å². The maximum absolute atomic E-state index is 13.9. The monoisotopic (exact) mass is 293 g/mol. The molecule has 112 valence electrons. The van der Waals surface area contributed by atoms with E-state index in [1.54, 1.807) is 55.5 Å². The quantitative estimate of drug-likeness (QED) is 0.867. The first kappa shape index (κ1) is 15.6. The molecule has 0 aromatic heterocycles. The minimum absolute atomic E-state index is 0.130. The normalized spacial score (nSPS) is 14.7. The summed E-state index contributed by atoms with van der Waals surface area (Å²) in [5.74, 6) is 0. The van der Waals surface area contributed by atoms with Crippen LogP contribution in [0.2, 0.25) is 0 Å². The minimum atomic E-state index is -4.39. The maximum atomic E-state index is 13.9. The van der Waals surface area contributed by atoms with Gasteiger partial charge < -0.3 is 0 Å². The summed E-state index contributed by atoms with van der Waals surface area (Å²) in [5.41, 5.74) is -1.17. The molecule has 1 nitrogen and oxygen atoms in total. The zero-order valence-corrected chi connectivity index (χ0v) is 11.8. The highest BCUT2D eigenvalue weighted by Gasteiger charge is 2.55. The van der Waals surface area contributed by atoms with Crippen molar-refractivity contribution in [2.45, 2.75) is 25.1 Å².